The van der Waals surface area contributed by atoms with Crippen molar-refractivity contribution in [2.75, 3.05) is 6.61 Å². The second-order valence-corrected chi connectivity index (χ2v) is 28.7. The maximum Gasteiger partial charge on any atom is 0.481 e. The van der Waals surface area contributed by atoms with Crippen molar-refractivity contribution < 1.29 is 32.6 Å². The fraction of sp³-hybridized carbons (Fsp3) is 0.722. The third kappa shape index (κ3) is 54.0. The Balaban J connectivity index is 5.94. The van der Waals surface area contributed by atoms with Gasteiger partial charge in [-0.2, -0.15) is 4.31 Å². The van der Waals surface area contributed by atoms with Gasteiger partial charge in [0.15, 0.2) is 0 Å². The van der Waals surface area contributed by atoms with Gasteiger partial charge in [-0.25, -0.2) is 9.13 Å². The minimum Gasteiger partial charge on any atom is -0.302 e. The molecule has 0 aromatic carbocycles. The van der Waals surface area contributed by atoms with Crippen LogP contribution in [0.1, 0.15) is 366 Å². The largest absolute Gasteiger partial charge is 0.481 e. The molecule has 0 aliphatic carbocycles. The van der Waals surface area contributed by atoms with Crippen LogP contribution >= 0.6 is 15.6 Å². The molecule has 7 nitrogen and oxygen atoms in total. The van der Waals surface area contributed by atoms with Crippen LogP contribution in [-0.2, 0) is 18.0 Å². The van der Waals surface area contributed by atoms with Crippen molar-refractivity contribution in [2.24, 2.45) is 0 Å². The standard InChI is InChI=1S/C79H140O7P2/c1-13-21-44-72(52-31-43-71(12)42-30-41-70(11)40-29-39-69(9)10)53-32-54-73(45-22-14-2)55-33-56-74(46-23-15-3)57-34-58-75(47-24-16-4)59-35-60-76(48-25-17-5)61-36-62-77(49-26-18-6)63-37-64-78(50-27-19-7)65-38-66-79(51-28-20-8)67-68-85-88(83,84)86-87(80,81)82/h39,41,43,53,55,57,59,61,63,65,67H,13-38,40,42,44-52,54,56,58,60,62,64,66,68H2,1-12H3,(H,83,84)(H2,80,81,82)/b70-41+,71-43+,72-53-,73-55-,74-57-,75-59-,76-61-,77-63-,78-65-,79-67-. The lowest BCUT2D eigenvalue weighted by molar-refractivity contribution is 0.191. The third-order valence-electron chi connectivity index (χ3n) is 17.0. The normalized spacial score (nSPS) is 14.8. The topological polar surface area (TPSA) is 113 Å². The van der Waals surface area contributed by atoms with Gasteiger partial charge in [0.2, 0.25) is 0 Å². The molecule has 0 amide bonds. The molecule has 1 atom stereocenters. The van der Waals surface area contributed by atoms with Gasteiger partial charge in [0.05, 0.1) is 6.61 Å². The molecule has 0 saturated heterocycles. The van der Waals surface area contributed by atoms with E-state index in [0.29, 0.717) is 0 Å². The molecule has 0 aliphatic heterocycles. The van der Waals surface area contributed by atoms with Gasteiger partial charge in [-0.1, -0.05) is 235 Å². The van der Waals surface area contributed by atoms with Crippen molar-refractivity contribution in [3.63, 3.8) is 0 Å². The van der Waals surface area contributed by atoms with E-state index in [0.717, 1.165) is 95.5 Å². The van der Waals surface area contributed by atoms with E-state index in [-0.39, 0.29) is 6.61 Å². The average molecular weight is 1260 g/mol. The molecule has 0 radical (unpaired) electrons. The van der Waals surface area contributed by atoms with Crippen LogP contribution in [-0.4, -0.2) is 21.3 Å². The molecule has 9 heteroatoms. The van der Waals surface area contributed by atoms with Gasteiger partial charge in [-0.15, -0.1) is 0 Å². The Morgan fingerprint density at radius 1 is 0.284 bits per heavy atom. The second kappa shape index (κ2) is 58.2. The van der Waals surface area contributed by atoms with E-state index >= 15 is 0 Å². The zero-order chi connectivity index (χ0) is 65.4. The molecule has 1 unspecified atom stereocenters. The van der Waals surface area contributed by atoms with Crippen molar-refractivity contribution in [3.05, 3.63) is 128 Å². The number of phosphoric acid groups is 2. The zero-order valence-corrected chi connectivity index (χ0v) is 61.3. The molecule has 0 aromatic heterocycles. The number of allylic oxidation sites excluding steroid dienone is 21. The summed E-state index contributed by atoms with van der Waals surface area (Å²) in [5.74, 6) is 0. The van der Waals surface area contributed by atoms with Crippen LogP contribution in [0.4, 0.5) is 0 Å². The highest BCUT2D eigenvalue weighted by Crippen LogP contribution is 2.57. The number of hydrogen-bond donors (Lipinski definition) is 3. The van der Waals surface area contributed by atoms with Crippen LogP contribution in [0.3, 0.4) is 0 Å². The molecule has 0 aromatic rings. The molecule has 3 N–H and O–H groups in total. The summed E-state index contributed by atoms with van der Waals surface area (Å²) in [6.45, 7) is 27.1. The first-order valence-corrected chi connectivity index (χ1v) is 39.5. The maximum absolute atomic E-state index is 12.0. The van der Waals surface area contributed by atoms with Gasteiger partial charge in [0, 0.05) is 0 Å². The maximum atomic E-state index is 12.0. The lowest BCUT2D eigenvalue weighted by Crippen LogP contribution is -1.96. The van der Waals surface area contributed by atoms with Crippen molar-refractivity contribution in [1.29, 1.82) is 0 Å². The molecule has 88 heavy (non-hydrogen) atoms. The van der Waals surface area contributed by atoms with Crippen molar-refractivity contribution in [3.8, 4) is 0 Å². The average Bonchev–Trinajstić information content (AvgIpc) is 3.70. The summed E-state index contributed by atoms with van der Waals surface area (Å²) in [6, 6.07) is 0. The predicted molar refractivity (Wildman–Crippen MR) is 389 cm³/mol. The van der Waals surface area contributed by atoms with Crippen molar-refractivity contribution in [1.82, 2.24) is 0 Å². The molecular formula is C79H140O7P2. The van der Waals surface area contributed by atoms with Gasteiger partial charge in [-0.3, -0.25) is 4.52 Å². The molecule has 0 bridgehead atoms. The highest BCUT2D eigenvalue weighted by molar-refractivity contribution is 7.60. The Kier molecular flexibility index (Phi) is 56.5. The summed E-state index contributed by atoms with van der Waals surface area (Å²) in [5.41, 5.74) is 17.1. The highest BCUT2D eigenvalue weighted by Gasteiger charge is 2.32. The van der Waals surface area contributed by atoms with E-state index in [9.17, 15) is 14.0 Å². The molecule has 0 fully saturated rings. The minimum absolute atomic E-state index is 0.246. The third-order valence-corrected chi connectivity index (χ3v) is 19.2. The van der Waals surface area contributed by atoms with Gasteiger partial charge in [-0.05, 0) is 259 Å². The zero-order valence-electron chi connectivity index (χ0n) is 59.5. The van der Waals surface area contributed by atoms with Crippen LogP contribution in [0.2, 0.25) is 0 Å². The summed E-state index contributed by atoms with van der Waals surface area (Å²) in [6.07, 6.45) is 78.6. The first-order chi connectivity index (χ1) is 42.4. The summed E-state index contributed by atoms with van der Waals surface area (Å²) in [7, 11) is -10.0. The lowest BCUT2D eigenvalue weighted by Gasteiger charge is -2.12. The van der Waals surface area contributed by atoms with Gasteiger partial charge in [0.1, 0.15) is 0 Å². The molecule has 0 saturated carbocycles. The van der Waals surface area contributed by atoms with Gasteiger partial charge >= 0.3 is 15.6 Å². The summed E-state index contributed by atoms with van der Waals surface area (Å²) >= 11 is 0. The Morgan fingerprint density at radius 3 is 0.705 bits per heavy atom. The summed E-state index contributed by atoms with van der Waals surface area (Å²) in [4.78, 5) is 27.7. The minimum atomic E-state index is -5.15. The van der Waals surface area contributed by atoms with E-state index in [1.807, 2.05) is 0 Å². The predicted octanol–water partition coefficient (Wildman–Crippen LogP) is 27.8. The number of unbranched alkanes of at least 4 members (excludes halogenated alkanes) is 8. The van der Waals surface area contributed by atoms with E-state index in [1.165, 1.54) is 209 Å². The SMILES string of the molecule is CCCC/C(=C/CC/C(=C\CC/C(=C\CC/C(=C\COP(=O)(O)OP(=O)(O)O)CCCC)CCCC)CCCC)CC/C=C(\CC/C=C(\CC/C=C(\CC/C=C(\CC/C=C(\C)CC/C=C(\C)CCC=C(C)C)CCCC)CCCC)CCCC)CCCC. The van der Waals surface area contributed by atoms with E-state index in [4.69, 9.17) is 14.3 Å². The molecule has 0 spiro atoms. The van der Waals surface area contributed by atoms with Crippen LogP contribution in [0.5, 0.6) is 0 Å². The van der Waals surface area contributed by atoms with Crippen LogP contribution in [0.15, 0.2) is 128 Å². The molecular weight excluding hydrogens is 1120 g/mol. The fourth-order valence-electron chi connectivity index (χ4n) is 11.3. The van der Waals surface area contributed by atoms with Gasteiger partial charge in [0.25, 0.3) is 0 Å². The number of hydrogen-bond acceptors (Lipinski definition) is 4. The van der Waals surface area contributed by atoms with Gasteiger partial charge < -0.3 is 14.7 Å². The van der Waals surface area contributed by atoms with E-state index in [1.54, 1.807) is 45.1 Å². The molecule has 0 rings (SSSR count). The highest BCUT2D eigenvalue weighted by atomic mass is 31.3. The van der Waals surface area contributed by atoms with Crippen molar-refractivity contribution >= 4 is 15.6 Å². The first kappa shape index (κ1) is 85.4. The Bertz CT molecular complexity index is 2220. The number of rotatable bonds is 59. The number of phosphoric ester groups is 1. The second-order valence-electron chi connectivity index (χ2n) is 25.8. The van der Waals surface area contributed by atoms with Crippen LogP contribution in [0, 0.1) is 0 Å². The van der Waals surface area contributed by atoms with Crippen LogP contribution in [0.25, 0.3) is 0 Å². The molecule has 508 valence electrons. The Morgan fingerprint density at radius 2 is 0.489 bits per heavy atom. The molecule has 0 aliphatic rings. The lowest BCUT2D eigenvalue weighted by atomic mass is 9.95. The summed E-state index contributed by atoms with van der Waals surface area (Å²) < 4.78 is 31.9. The van der Waals surface area contributed by atoms with E-state index in [2.05, 4.69) is 148 Å². The monoisotopic (exact) mass is 1260 g/mol. The smallest absolute Gasteiger partial charge is 0.302 e. The Labute approximate surface area is 545 Å². The fourth-order valence-corrected chi connectivity index (χ4v) is 12.9. The van der Waals surface area contributed by atoms with E-state index < -0.39 is 15.6 Å². The van der Waals surface area contributed by atoms with Crippen LogP contribution < -0.4 is 0 Å². The van der Waals surface area contributed by atoms with Crippen molar-refractivity contribution in [2.45, 2.75) is 366 Å². The molecule has 0 heterocycles. The summed E-state index contributed by atoms with van der Waals surface area (Å²) in [5, 5.41) is 0. The Hall–Kier alpha value is -2.60. The quantitative estimate of drug-likeness (QED) is 0.0411. The first-order valence-electron chi connectivity index (χ1n) is 36.5.